The Balaban J connectivity index is 1.41. The highest BCUT2D eigenvalue weighted by atomic mass is 32.8. The molecule has 2 aromatic heterocycles. The van der Waals surface area contributed by atoms with E-state index in [9.17, 15) is 8.60 Å². The Labute approximate surface area is 201 Å². The lowest BCUT2D eigenvalue weighted by Crippen LogP contribution is -2.31. The molecule has 3 aromatic rings. The predicted molar refractivity (Wildman–Crippen MR) is 135 cm³/mol. The van der Waals surface area contributed by atoms with Crippen LogP contribution in [-0.2, 0) is 9.55 Å². The van der Waals surface area contributed by atoms with Gasteiger partial charge in [0.25, 0.3) is 0 Å². The zero-order chi connectivity index (χ0) is 24.2. The summed E-state index contributed by atoms with van der Waals surface area (Å²) >= 11 is 0. The number of aromatic nitrogens is 4. The molecule has 5 rings (SSSR count). The zero-order valence-electron chi connectivity index (χ0n) is 19.7. The standard InChI is InChI=1S/C23H30FN6O2PS/c1-12(2)20-28-23(32-29-20)16-9-14-5-8-19(16)30(14)22-13(3)21(25-11-26-22)27-18-7-6-15(10-17(18)24)34(4,31)33/h6-7,10-12,14,16,19,34H,5,8-9,33H2,1-4H3,(H,25,26,27). The van der Waals surface area contributed by atoms with Gasteiger partial charge >= 0.3 is 0 Å². The molecule has 2 bridgehead atoms. The van der Waals surface area contributed by atoms with Gasteiger partial charge in [0.05, 0.1) is 11.6 Å². The molecule has 2 aliphatic heterocycles. The summed E-state index contributed by atoms with van der Waals surface area (Å²) in [4.78, 5) is 16.5. The van der Waals surface area contributed by atoms with Gasteiger partial charge in [-0.15, -0.1) is 0 Å². The molecule has 4 atom stereocenters. The van der Waals surface area contributed by atoms with E-state index in [2.05, 4.69) is 52.6 Å². The number of rotatable bonds is 6. The van der Waals surface area contributed by atoms with Crippen LogP contribution in [0.5, 0.6) is 0 Å². The molecule has 4 unspecified atom stereocenters. The van der Waals surface area contributed by atoms with E-state index in [1.165, 1.54) is 12.4 Å². The molecular formula is C23H30FN6O2PS. The Bertz CT molecular complexity index is 1280. The van der Waals surface area contributed by atoms with E-state index in [4.69, 9.17) is 4.52 Å². The molecule has 0 spiro atoms. The van der Waals surface area contributed by atoms with Crippen molar-refractivity contribution in [1.82, 2.24) is 20.1 Å². The highest BCUT2D eigenvalue weighted by Crippen LogP contribution is 2.49. The third-order valence-corrected chi connectivity index (χ3v) is 9.05. The van der Waals surface area contributed by atoms with Crippen LogP contribution in [0.4, 0.5) is 21.7 Å². The first-order chi connectivity index (χ1) is 16.1. The normalized spacial score (nSPS) is 22.6. The molecule has 0 radical (unpaired) electrons. The van der Waals surface area contributed by atoms with Gasteiger partial charge in [-0.25, -0.2) is 14.4 Å². The van der Waals surface area contributed by atoms with Gasteiger partial charge in [0.2, 0.25) is 5.89 Å². The summed E-state index contributed by atoms with van der Waals surface area (Å²) in [7, 11) is -0.319. The lowest BCUT2D eigenvalue weighted by Gasteiger charge is -2.26. The minimum atomic E-state index is -2.62. The maximum Gasteiger partial charge on any atom is 0.231 e. The second-order valence-electron chi connectivity index (χ2n) is 9.64. The van der Waals surface area contributed by atoms with Crippen LogP contribution in [0, 0.1) is 12.7 Å². The fraction of sp³-hybridized carbons (Fsp3) is 0.478. The number of anilines is 3. The first-order valence-electron chi connectivity index (χ1n) is 11.5. The first kappa shape index (κ1) is 23.3. The average Bonchev–Trinajstić information content (AvgIpc) is 3.50. The van der Waals surface area contributed by atoms with E-state index in [-0.39, 0.29) is 23.6 Å². The van der Waals surface area contributed by atoms with Crippen molar-refractivity contribution in [3.8, 4) is 0 Å². The van der Waals surface area contributed by atoms with Crippen molar-refractivity contribution in [3.05, 3.63) is 47.6 Å². The number of nitrogens with one attached hydrogen (secondary N) is 1. The van der Waals surface area contributed by atoms with Gasteiger partial charge in [0.15, 0.2) is 5.82 Å². The van der Waals surface area contributed by atoms with E-state index < -0.39 is 15.4 Å². The predicted octanol–water partition coefficient (Wildman–Crippen LogP) is 4.49. The van der Waals surface area contributed by atoms with Crippen LogP contribution < -0.4 is 10.2 Å². The van der Waals surface area contributed by atoms with Crippen molar-refractivity contribution in [2.24, 2.45) is 0 Å². The third kappa shape index (κ3) is 4.11. The zero-order valence-corrected chi connectivity index (χ0v) is 21.7. The summed E-state index contributed by atoms with van der Waals surface area (Å²) in [6.07, 6.45) is 6.16. The molecule has 0 amide bonds. The first-order valence-corrected chi connectivity index (χ1v) is 15.3. The molecule has 2 saturated heterocycles. The van der Waals surface area contributed by atoms with E-state index in [0.717, 1.165) is 36.5 Å². The topological polar surface area (TPSA) is 97.0 Å². The van der Waals surface area contributed by atoms with Crippen molar-refractivity contribution in [1.29, 1.82) is 0 Å². The number of hydrogen-bond acceptors (Lipinski definition) is 8. The summed E-state index contributed by atoms with van der Waals surface area (Å²) in [5.74, 6) is 2.76. The highest BCUT2D eigenvalue weighted by Gasteiger charge is 2.50. The Morgan fingerprint density at radius 1 is 1.29 bits per heavy atom. The SMILES string of the molecule is Cc1c(Nc2ccc([SH](C)(=O)P)cc2F)ncnc1N1C2CCC1C(c1nc(C(C)C)no1)C2. The molecule has 2 fully saturated rings. The van der Waals surface area contributed by atoms with Crippen LogP contribution in [-0.4, -0.2) is 42.7 Å². The summed E-state index contributed by atoms with van der Waals surface area (Å²) in [6.45, 7) is 6.06. The molecule has 11 heteroatoms. The van der Waals surface area contributed by atoms with Gasteiger partial charge in [0.1, 0.15) is 23.8 Å². The smallest absolute Gasteiger partial charge is 0.231 e. The monoisotopic (exact) mass is 504 g/mol. The van der Waals surface area contributed by atoms with Gasteiger partial charge < -0.3 is 14.7 Å². The fourth-order valence-corrected chi connectivity index (χ4v) is 6.27. The average molecular weight is 505 g/mol. The second-order valence-corrected chi connectivity index (χ2v) is 15.1. The van der Waals surface area contributed by atoms with Crippen molar-refractivity contribution < 1.29 is 13.1 Å². The van der Waals surface area contributed by atoms with E-state index in [1.807, 2.05) is 6.92 Å². The van der Waals surface area contributed by atoms with Crippen molar-refractivity contribution in [2.45, 2.75) is 68.8 Å². The number of hydrogen-bond donors (Lipinski definition) is 2. The molecule has 2 aliphatic rings. The van der Waals surface area contributed by atoms with Crippen molar-refractivity contribution in [2.75, 3.05) is 16.5 Å². The van der Waals surface area contributed by atoms with E-state index >= 15 is 0 Å². The molecule has 0 saturated carbocycles. The Morgan fingerprint density at radius 3 is 2.76 bits per heavy atom. The minimum absolute atomic E-state index is 0.172. The number of halogens is 1. The van der Waals surface area contributed by atoms with Crippen LogP contribution in [0.25, 0.3) is 0 Å². The van der Waals surface area contributed by atoms with Crippen LogP contribution in [0.3, 0.4) is 0 Å². The summed E-state index contributed by atoms with van der Waals surface area (Å²) in [5.41, 5.74) is 1.13. The number of nitrogens with zero attached hydrogens (tertiary/aromatic N) is 5. The minimum Gasteiger partial charge on any atom is -0.349 e. The van der Waals surface area contributed by atoms with Gasteiger partial charge in [-0.1, -0.05) is 37.0 Å². The maximum atomic E-state index is 14.8. The fourth-order valence-electron chi connectivity index (χ4n) is 5.05. The molecule has 0 aliphatic carbocycles. The Morgan fingerprint density at radius 2 is 2.09 bits per heavy atom. The Kier molecular flexibility index (Phi) is 5.92. The highest BCUT2D eigenvalue weighted by molar-refractivity contribution is 8.44. The number of fused-ring (bicyclic) bond motifs is 2. The van der Waals surface area contributed by atoms with E-state index in [1.54, 1.807) is 18.4 Å². The molecule has 4 heterocycles. The van der Waals surface area contributed by atoms with Gasteiger partial charge in [-0.2, -0.15) is 4.98 Å². The lowest BCUT2D eigenvalue weighted by molar-refractivity contribution is 0.327. The van der Waals surface area contributed by atoms with Crippen LogP contribution in [0.2, 0.25) is 0 Å². The molecule has 182 valence electrons. The van der Waals surface area contributed by atoms with Crippen molar-refractivity contribution in [3.63, 3.8) is 0 Å². The van der Waals surface area contributed by atoms with Gasteiger partial charge in [-0.05, 0) is 50.6 Å². The molecule has 1 aromatic carbocycles. The third-order valence-electron chi connectivity index (χ3n) is 6.85. The summed E-state index contributed by atoms with van der Waals surface area (Å²) in [6, 6.07) is 5.15. The molecule has 1 N–H and O–H groups in total. The Hall–Kier alpha value is -2.45. The van der Waals surface area contributed by atoms with Crippen LogP contribution >= 0.6 is 8.44 Å². The molecule has 8 nitrogen and oxygen atoms in total. The largest absolute Gasteiger partial charge is 0.349 e. The van der Waals surface area contributed by atoms with Gasteiger partial charge in [0, 0.05) is 28.5 Å². The summed E-state index contributed by atoms with van der Waals surface area (Å²) < 4.78 is 32.6. The maximum absolute atomic E-state index is 14.8. The van der Waals surface area contributed by atoms with Crippen LogP contribution in [0.15, 0.2) is 33.9 Å². The van der Waals surface area contributed by atoms with Gasteiger partial charge in [-0.3, -0.25) is 4.21 Å². The summed E-state index contributed by atoms with van der Waals surface area (Å²) in [5, 5.41) is 7.26. The molecule has 34 heavy (non-hydrogen) atoms. The quantitative estimate of drug-likeness (QED) is 0.374. The second kappa shape index (κ2) is 8.64. The number of benzene rings is 1. The van der Waals surface area contributed by atoms with Crippen molar-refractivity contribution >= 4 is 35.3 Å². The number of thiol groups is 1. The van der Waals surface area contributed by atoms with Crippen LogP contribution in [0.1, 0.15) is 62.2 Å². The van der Waals surface area contributed by atoms with E-state index in [0.29, 0.717) is 22.6 Å². The molecular weight excluding hydrogens is 474 g/mol. The lowest BCUT2D eigenvalue weighted by atomic mass is 9.89.